The summed E-state index contributed by atoms with van der Waals surface area (Å²) < 4.78 is 0. The monoisotopic (exact) mass is 304 g/mol. The predicted molar refractivity (Wildman–Crippen MR) is 83.3 cm³/mol. The van der Waals surface area contributed by atoms with Crippen LogP contribution in [0.4, 0.5) is 0 Å². The SMILES string of the molecule is Oc1ccc(C[NH2+]C[C@@H]2[NH2+]CCc3ccccc32)cc1Cl. The molecule has 0 aliphatic carbocycles. The molecule has 1 atom stereocenters. The number of halogens is 1. The molecule has 0 aromatic heterocycles. The molecule has 21 heavy (non-hydrogen) atoms. The van der Waals surface area contributed by atoms with Gasteiger partial charge in [0.25, 0.3) is 0 Å². The summed E-state index contributed by atoms with van der Waals surface area (Å²) in [5.74, 6) is 0.148. The number of benzene rings is 2. The quantitative estimate of drug-likeness (QED) is 0.774. The summed E-state index contributed by atoms with van der Waals surface area (Å²) in [6, 6.07) is 14.7. The highest BCUT2D eigenvalue weighted by Crippen LogP contribution is 2.23. The van der Waals surface area contributed by atoms with E-state index in [4.69, 9.17) is 11.6 Å². The molecule has 4 heteroatoms. The Morgan fingerprint density at radius 1 is 1.24 bits per heavy atom. The summed E-state index contributed by atoms with van der Waals surface area (Å²) in [6.07, 6.45) is 1.17. The molecule has 0 saturated heterocycles. The molecule has 3 nitrogen and oxygen atoms in total. The van der Waals surface area contributed by atoms with Gasteiger partial charge in [-0.3, -0.25) is 0 Å². The van der Waals surface area contributed by atoms with Gasteiger partial charge in [-0.25, -0.2) is 0 Å². The van der Waals surface area contributed by atoms with Gasteiger partial charge in [-0.2, -0.15) is 0 Å². The fourth-order valence-electron chi connectivity index (χ4n) is 3.02. The van der Waals surface area contributed by atoms with Crippen LogP contribution in [0.1, 0.15) is 22.7 Å². The first kappa shape index (κ1) is 14.4. The largest absolute Gasteiger partial charge is 0.506 e. The molecule has 2 aromatic carbocycles. The third-order valence-corrected chi connectivity index (χ3v) is 4.43. The number of rotatable bonds is 4. The molecule has 0 fully saturated rings. The summed E-state index contributed by atoms with van der Waals surface area (Å²) in [5.41, 5.74) is 4.11. The number of quaternary nitrogens is 2. The molecule has 0 radical (unpaired) electrons. The molecule has 0 spiro atoms. The van der Waals surface area contributed by atoms with E-state index in [1.165, 1.54) is 24.1 Å². The molecule has 3 rings (SSSR count). The maximum Gasteiger partial charge on any atom is 0.161 e. The highest BCUT2D eigenvalue weighted by molar-refractivity contribution is 6.32. The van der Waals surface area contributed by atoms with E-state index in [0.29, 0.717) is 11.1 Å². The second-order valence-corrected chi connectivity index (χ2v) is 6.00. The van der Waals surface area contributed by atoms with Crippen LogP contribution in [0.15, 0.2) is 42.5 Å². The highest BCUT2D eigenvalue weighted by atomic mass is 35.5. The Labute approximate surface area is 130 Å². The van der Waals surface area contributed by atoms with Crippen molar-refractivity contribution in [1.29, 1.82) is 0 Å². The van der Waals surface area contributed by atoms with Crippen molar-refractivity contribution in [3.63, 3.8) is 0 Å². The van der Waals surface area contributed by atoms with Crippen LogP contribution in [0.2, 0.25) is 5.02 Å². The van der Waals surface area contributed by atoms with Crippen molar-refractivity contribution in [3.05, 3.63) is 64.2 Å². The van der Waals surface area contributed by atoms with Crippen molar-refractivity contribution in [2.24, 2.45) is 0 Å². The van der Waals surface area contributed by atoms with Gasteiger partial charge in [0.2, 0.25) is 0 Å². The molecule has 110 valence electrons. The molecular weight excluding hydrogens is 284 g/mol. The second kappa shape index (κ2) is 6.48. The lowest BCUT2D eigenvalue weighted by molar-refractivity contribution is -0.763. The van der Waals surface area contributed by atoms with E-state index in [9.17, 15) is 5.11 Å². The third kappa shape index (κ3) is 3.38. The Kier molecular flexibility index (Phi) is 4.44. The lowest BCUT2D eigenvalue weighted by Crippen LogP contribution is -2.95. The van der Waals surface area contributed by atoms with E-state index < -0.39 is 0 Å². The number of aromatic hydroxyl groups is 1. The van der Waals surface area contributed by atoms with Crippen LogP contribution in [0.3, 0.4) is 0 Å². The molecule has 1 heterocycles. The Bertz CT molecular complexity index is 630. The van der Waals surface area contributed by atoms with E-state index >= 15 is 0 Å². The molecule has 1 aliphatic heterocycles. The average molecular weight is 305 g/mol. The summed E-state index contributed by atoms with van der Waals surface area (Å²) in [4.78, 5) is 0. The zero-order chi connectivity index (χ0) is 14.7. The molecule has 5 N–H and O–H groups in total. The number of phenolic OH excluding ortho intramolecular Hbond substituents is 1. The molecule has 2 aromatic rings. The summed E-state index contributed by atoms with van der Waals surface area (Å²) >= 11 is 5.94. The summed E-state index contributed by atoms with van der Waals surface area (Å²) in [7, 11) is 0. The Balaban J connectivity index is 1.60. The van der Waals surface area contributed by atoms with Crippen LogP contribution < -0.4 is 10.6 Å². The standard InChI is InChI=1S/C17H19ClN2O/c18-15-9-12(5-6-17(15)21)10-19-11-16-14-4-2-1-3-13(14)7-8-20-16/h1-6,9,16,19-21H,7-8,10-11H2/p+2/t16-/m0/s1. The van der Waals surface area contributed by atoms with Crippen molar-refractivity contribution >= 4 is 11.6 Å². The lowest BCUT2D eigenvalue weighted by atomic mass is 9.94. The van der Waals surface area contributed by atoms with Gasteiger partial charge in [0, 0.05) is 17.5 Å². The topological polar surface area (TPSA) is 53.5 Å². The van der Waals surface area contributed by atoms with E-state index in [1.54, 1.807) is 6.07 Å². The van der Waals surface area contributed by atoms with Crippen LogP contribution in [-0.2, 0) is 13.0 Å². The number of nitrogens with two attached hydrogens (primary N) is 2. The normalized spacial score (nSPS) is 17.5. The Morgan fingerprint density at radius 3 is 2.95 bits per heavy atom. The lowest BCUT2D eigenvalue weighted by Gasteiger charge is -2.22. The Hall–Kier alpha value is -1.55. The van der Waals surface area contributed by atoms with Crippen LogP contribution in [-0.4, -0.2) is 18.2 Å². The molecule has 0 bridgehead atoms. The predicted octanol–water partition coefficient (Wildman–Crippen LogP) is 0.970. The van der Waals surface area contributed by atoms with Crippen LogP contribution >= 0.6 is 11.6 Å². The van der Waals surface area contributed by atoms with Crippen molar-refractivity contribution in [2.75, 3.05) is 13.1 Å². The van der Waals surface area contributed by atoms with Crippen LogP contribution in [0.25, 0.3) is 0 Å². The number of hydrogen-bond donors (Lipinski definition) is 3. The van der Waals surface area contributed by atoms with E-state index in [1.807, 2.05) is 12.1 Å². The molecular formula is C17H21ClN2O+2. The Morgan fingerprint density at radius 2 is 2.10 bits per heavy atom. The number of fused-ring (bicyclic) bond motifs is 1. The van der Waals surface area contributed by atoms with Crippen molar-refractivity contribution < 1.29 is 15.7 Å². The molecule has 0 amide bonds. The van der Waals surface area contributed by atoms with Gasteiger partial charge in [-0.05, 0) is 23.8 Å². The van der Waals surface area contributed by atoms with Gasteiger partial charge < -0.3 is 15.7 Å². The zero-order valence-electron chi connectivity index (χ0n) is 11.9. The molecule has 0 unspecified atom stereocenters. The fraction of sp³-hybridized carbons (Fsp3) is 0.294. The van der Waals surface area contributed by atoms with E-state index in [-0.39, 0.29) is 5.75 Å². The summed E-state index contributed by atoms with van der Waals surface area (Å²) in [5, 5.41) is 14.6. The van der Waals surface area contributed by atoms with E-state index in [0.717, 1.165) is 18.7 Å². The first-order chi connectivity index (χ1) is 10.2. The summed E-state index contributed by atoms with van der Waals surface area (Å²) in [6.45, 7) is 3.10. The van der Waals surface area contributed by atoms with Gasteiger partial charge in [0.05, 0.1) is 11.6 Å². The van der Waals surface area contributed by atoms with Gasteiger partial charge >= 0.3 is 0 Å². The molecule has 0 saturated carbocycles. The third-order valence-electron chi connectivity index (χ3n) is 4.13. The van der Waals surface area contributed by atoms with Gasteiger partial charge in [0.15, 0.2) is 6.04 Å². The number of phenols is 1. The van der Waals surface area contributed by atoms with Crippen LogP contribution in [0.5, 0.6) is 5.75 Å². The van der Waals surface area contributed by atoms with Gasteiger partial charge in [0.1, 0.15) is 18.8 Å². The number of hydrogen-bond acceptors (Lipinski definition) is 1. The average Bonchev–Trinajstić information content (AvgIpc) is 2.51. The first-order valence-electron chi connectivity index (χ1n) is 7.44. The minimum absolute atomic E-state index is 0.148. The maximum atomic E-state index is 9.44. The van der Waals surface area contributed by atoms with Crippen molar-refractivity contribution in [2.45, 2.75) is 19.0 Å². The smallest absolute Gasteiger partial charge is 0.161 e. The zero-order valence-corrected chi connectivity index (χ0v) is 12.7. The van der Waals surface area contributed by atoms with Crippen LogP contribution in [0, 0.1) is 0 Å². The highest BCUT2D eigenvalue weighted by Gasteiger charge is 2.23. The van der Waals surface area contributed by atoms with E-state index in [2.05, 4.69) is 34.9 Å². The minimum Gasteiger partial charge on any atom is -0.506 e. The fourth-order valence-corrected chi connectivity index (χ4v) is 3.22. The first-order valence-corrected chi connectivity index (χ1v) is 7.82. The molecule has 1 aliphatic rings. The second-order valence-electron chi connectivity index (χ2n) is 5.59. The minimum atomic E-state index is 0.148. The van der Waals surface area contributed by atoms with Gasteiger partial charge in [-0.15, -0.1) is 0 Å². The maximum absolute atomic E-state index is 9.44. The van der Waals surface area contributed by atoms with Gasteiger partial charge in [-0.1, -0.05) is 35.9 Å². The van der Waals surface area contributed by atoms with Crippen molar-refractivity contribution in [3.8, 4) is 5.75 Å². The van der Waals surface area contributed by atoms with Crippen molar-refractivity contribution in [1.82, 2.24) is 0 Å².